The van der Waals surface area contributed by atoms with E-state index in [1.54, 1.807) is 0 Å². The maximum Gasteiger partial charge on any atom is 0.416 e. The molecule has 20 heavy (non-hydrogen) atoms. The molecule has 0 aliphatic heterocycles. The average molecular weight is 290 g/mol. The lowest BCUT2D eigenvalue weighted by molar-refractivity contribution is -0.137. The summed E-state index contributed by atoms with van der Waals surface area (Å²) in [7, 11) is 0. The SMILES string of the molecule is CC(CN)C(=O)Nc1cc(C(=O)O)cc(C(F)(F)F)c1. The minimum Gasteiger partial charge on any atom is -0.478 e. The molecule has 0 aromatic heterocycles. The smallest absolute Gasteiger partial charge is 0.416 e. The van der Waals surface area contributed by atoms with Crippen LogP contribution in [0.1, 0.15) is 22.8 Å². The van der Waals surface area contributed by atoms with Crippen molar-refractivity contribution in [1.82, 2.24) is 0 Å². The van der Waals surface area contributed by atoms with Gasteiger partial charge in [0.2, 0.25) is 5.91 Å². The normalized spacial score (nSPS) is 12.8. The third-order valence-electron chi connectivity index (χ3n) is 2.58. The van der Waals surface area contributed by atoms with Gasteiger partial charge in [0.15, 0.2) is 0 Å². The van der Waals surface area contributed by atoms with Crippen molar-refractivity contribution >= 4 is 17.6 Å². The number of hydrogen-bond acceptors (Lipinski definition) is 3. The van der Waals surface area contributed by atoms with Gasteiger partial charge in [-0.15, -0.1) is 0 Å². The van der Waals surface area contributed by atoms with E-state index in [-0.39, 0.29) is 12.2 Å². The highest BCUT2D eigenvalue weighted by atomic mass is 19.4. The summed E-state index contributed by atoms with van der Waals surface area (Å²) in [6.45, 7) is 1.53. The molecule has 0 radical (unpaired) electrons. The Labute approximate surface area is 112 Å². The number of anilines is 1. The predicted molar refractivity (Wildman–Crippen MR) is 65.3 cm³/mol. The Balaban J connectivity index is 3.16. The number of carboxylic acids is 1. The number of carbonyl (C=O) groups excluding carboxylic acids is 1. The molecular formula is C12H13F3N2O3. The van der Waals surface area contributed by atoms with Gasteiger partial charge >= 0.3 is 12.1 Å². The van der Waals surface area contributed by atoms with Crippen LogP contribution in [0.4, 0.5) is 18.9 Å². The van der Waals surface area contributed by atoms with E-state index in [2.05, 4.69) is 5.32 Å². The Hall–Kier alpha value is -2.09. The molecule has 110 valence electrons. The zero-order valence-electron chi connectivity index (χ0n) is 10.5. The van der Waals surface area contributed by atoms with Crippen molar-refractivity contribution in [2.45, 2.75) is 13.1 Å². The first kappa shape index (κ1) is 16.0. The van der Waals surface area contributed by atoms with Gasteiger partial charge in [-0.2, -0.15) is 13.2 Å². The second-order valence-electron chi connectivity index (χ2n) is 4.23. The lowest BCUT2D eigenvalue weighted by Gasteiger charge is -2.13. The van der Waals surface area contributed by atoms with Crippen LogP contribution in [0.25, 0.3) is 0 Å². The molecule has 0 aliphatic carbocycles. The average Bonchev–Trinajstić information content (AvgIpc) is 2.36. The summed E-state index contributed by atoms with van der Waals surface area (Å²) < 4.78 is 37.9. The number of carboxylic acid groups (broad SMARTS) is 1. The van der Waals surface area contributed by atoms with Crippen molar-refractivity contribution in [2.75, 3.05) is 11.9 Å². The molecule has 1 aromatic rings. The largest absolute Gasteiger partial charge is 0.478 e. The van der Waals surface area contributed by atoms with Gasteiger partial charge in [0.05, 0.1) is 11.1 Å². The summed E-state index contributed by atoms with van der Waals surface area (Å²) in [6.07, 6.45) is -4.70. The molecular weight excluding hydrogens is 277 g/mol. The Morgan fingerprint density at radius 1 is 1.35 bits per heavy atom. The third-order valence-corrected chi connectivity index (χ3v) is 2.58. The molecule has 0 aliphatic rings. The Bertz CT molecular complexity index is 529. The number of aromatic carboxylic acids is 1. The lowest BCUT2D eigenvalue weighted by Crippen LogP contribution is -2.27. The molecule has 1 rings (SSSR count). The highest BCUT2D eigenvalue weighted by molar-refractivity contribution is 5.95. The zero-order chi connectivity index (χ0) is 15.5. The molecule has 1 atom stereocenters. The van der Waals surface area contributed by atoms with Crippen LogP contribution in [-0.2, 0) is 11.0 Å². The summed E-state index contributed by atoms with van der Waals surface area (Å²) in [5.74, 6) is -2.69. The summed E-state index contributed by atoms with van der Waals surface area (Å²) in [5.41, 5.74) is 3.33. The summed E-state index contributed by atoms with van der Waals surface area (Å²) in [4.78, 5) is 22.4. The van der Waals surface area contributed by atoms with E-state index in [1.165, 1.54) is 6.92 Å². The Morgan fingerprint density at radius 3 is 2.40 bits per heavy atom. The molecule has 1 amide bonds. The topological polar surface area (TPSA) is 92.4 Å². The van der Waals surface area contributed by atoms with E-state index in [1.807, 2.05) is 0 Å². The van der Waals surface area contributed by atoms with Gasteiger partial charge in [0, 0.05) is 18.2 Å². The van der Waals surface area contributed by atoms with Gasteiger partial charge < -0.3 is 16.2 Å². The van der Waals surface area contributed by atoms with Crippen molar-refractivity contribution in [3.8, 4) is 0 Å². The van der Waals surface area contributed by atoms with Crippen molar-refractivity contribution in [2.24, 2.45) is 11.7 Å². The number of hydrogen-bond donors (Lipinski definition) is 3. The van der Waals surface area contributed by atoms with Crippen molar-refractivity contribution in [3.05, 3.63) is 29.3 Å². The fourth-order valence-corrected chi connectivity index (χ4v) is 1.36. The van der Waals surface area contributed by atoms with E-state index < -0.39 is 35.1 Å². The Morgan fingerprint density at radius 2 is 1.95 bits per heavy atom. The van der Waals surface area contributed by atoms with Gasteiger partial charge in [-0.25, -0.2) is 4.79 Å². The number of amides is 1. The summed E-state index contributed by atoms with van der Waals surface area (Å²) in [6, 6.07) is 2.14. The van der Waals surface area contributed by atoms with Crippen molar-refractivity contribution in [3.63, 3.8) is 0 Å². The Kier molecular flexibility index (Phi) is 4.72. The van der Waals surface area contributed by atoms with Crippen LogP contribution in [-0.4, -0.2) is 23.5 Å². The molecule has 0 spiro atoms. The van der Waals surface area contributed by atoms with E-state index in [4.69, 9.17) is 10.8 Å². The van der Waals surface area contributed by atoms with Gasteiger partial charge in [0.25, 0.3) is 0 Å². The molecule has 0 saturated carbocycles. The first-order valence-corrected chi connectivity index (χ1v) is 5.61. The number of carbonyl (C=O) groups is 2. The molecule has 8 heteroatoms. The molecule has 0 fully saturated rings. The second kappa shape index (κ2) is 5.91. The van der Waals surface area contributed by atoms with Crippen LogP contribution < -0.4 is 11.1 Å². The first-order chi connectivity index (χ1) is 9.15. The summed E-state index contributed by atoms with van der Waals surface area (Å²) in [5, 5.41) is 11.0. The second-order valence-corrected chi connectivity index (χ2v) is 4.23. The third kappa shape index (κ3) is 3.95. The van der Waals surface area contributed by atoms with Crippen LogP contribution in [0.15, 0.2) is 18.2 Å². The zero-order valence-corrected chi connectivity index (χ0v) is 10.5. The number of alkyl halides is 3. The maximum atomic E-state index is 12.6. The number of nitrogens with one attached hydrogen (secondary N) is 1. The fraction of sp³-hybridized carbons (Fsp3) is 0.333. The number of halogens is 3. The first-order valence-electron chi connectivity index (χ1n) is 5.61. The van der Waals surface area contributed by atoms with Gasteiger partial charge in [0.1, 0.15) is 0 Å². The van der Waals surface area contributed by atoms with Crippen LogP contribution >= 0.6 is 0 Å². The van der Waals surface area contributed by atoms with Crippen LogP contribution in [0, 0.1) is 5.92 Å². The maximum absolute atomic E-state index is 12.6. The molecule has 0 heterocycles. The highest BCUT2D eigenvalue weighted by Gasteiger charge is 2.32. The van der Waals surface area contributed by atoms with Crippen LogP contribution in [0.5, 0.6) is 0 Å². The standard InChI is InChI=1S/C12H13F3N2O3/c1-6(5-16)10(18)17-9-3-7(11(19)20)2-8(4-9)12(13,14)15/h2-4,6H,5,16H2,1H3,(H,17,18)(H,19,20). The van der Waals surface area contributed by atoms with Gasteiger partial charge in [-0.1, -0.05) is 6.92 Å². The van der Waals surface area contributed by atoms with Gasteiger partial charge in [-0.3, -0.25) is 4.79 Å². The number of benzene rings is 1. The summed E-state index contributed by atoms with van der Waals surface area (Å²) >= 11 is 0. The van der Waals surface area contributed by atoms with E-state index in [9.17, 15) is 22.8 Å². The minimum absolute atomic E-state index is 0.0244. The minimum atomic E-state index is -4.70. The fourth-order valence-electron chi connectivity index (χ4n) is 1.36. The molecule has 5 nitrogen and oxygen atoms in total. The number of nitrogens with two attached hydrogens (primary N) is 1. The van der Waals surface area contributed by atoms with Crippen molar-refractivity contribution in [1.29, 1.82) is 0 Å². The van der Waals surface area contributed by atoms with E-state index in [0.29, 0.717) is 12.1 Å². The molecule has 0 bridgehead atoms. The molecule has 1 unspecified atom stereocenters. The van der Waals surface area contributed by atoms with Crippen LogP contribution in [0.2, 0.25) is 0 Å². The van der Waals surface area contributed by atoms with Gasteiger partial charge in [-0.05, 0) is 18.2 Å². The number of rotatable bonds is 4. The molecule has 0 saturated heterocycles. The predicted octanol–water partition coefficient (Wildman–Crippen LogP) is 1.94. The molecule has 4 N–H and O–H groups in total. The van der Waals surface area contributed by atoms with E-state index in [0.717, 1.165) is 6.07 Å². The molecule has 1 aromatic carbocycles. The van der Waals surface area contributed by atoms with Crippen LogP contribution in [0.3, 0.4) is 0 Å². The monoisotopic (exact) mass is 290 g/mol. The van der Waals surface area contributed by atoms with E-state index >= 15 is 0 Å². The quantitative estimate of drug-likeness (QED) is 0.790. The van der Waals surface area contributed by atoms with Crippen molar-refractivity contribution < 1.29 is 27.9 Å². The highest BCUT2D eigenvalue weighted by Crippen LogP contribution is 2.32. The lowest BCUT2D eigenvalue weighted by atomic mass is 10.1.